The van der Waals surface area contributed by atoms with Gasteiger partial charge in [-0.25, -0.2) is 4.68 Å². The van der Waals surface area contributed by atoms with Gasteiger partial charge in [-0.2, -0.15) is 0 Å². The third-order valence-corrected chi connectivity index (χ3v) is 0.954. The van der Waals surface area contributed by atoms with Crippen molar-refractivity contribution in [3.8, 4) is 0 Å². The van der Waals surface area contributed by atoms with Crippen molar-refractivity contribution in [2.75, 3.05) is 0 Å². The molecule has 0 aliphatic rings. The third kappa shape index (κ3) is 1.14. The zero-order valence-electron chi connectivity index (χ0n) is 4.99. The van der Waals surface area contributed by atoms with E-state index in [0.717, 1.165) is 5.69 Å². The van der Waals surface area contributed by atoms with E-state index in [4.69, 9.17) is 5.73 Å². The molecular formula is C5H8N4. The molecular weight excluding hydrogens is 116 g/mol. The summed E-state index contributed by atoms with van der Waals surface area (Å²) in [5.74, 6) is 0. The van der Waals surface area contributed by atoms with Gasteiger partial charge in [-0.3, -0.25) is 0 Å². The number of nitrogens with zero attached hydrogens (tertiary/aromatic N) is 3. The molecule has 9 heavy (non-hydrogen) atoms. The molecule has 4 nitrogen and oxygen atoms in total. The summed E-state index contributed by atoms with van der Waals surface area (Å²) >= 11 is 0. The highest BCUT2D eigenvalue weighted by Crippen LogP contribution is 1.88. The fourth-order valence-corrected chi connectivity index (χ4v) is 0.496. The van der Waals surface area contributed by atoms with E-state index in [1.807, 2.05) is 0 Å². The molecule has 0 aliphatic heterocycles. The standard InChI is InChI=1S/C5H8N4/c1-2-9-4-5(3-6)7-8-9/h2,4H,1,3,6H2. The van der Waals surface area contributed by atoms with Gasteiger partial charge in [0, 0.05) is 12.7 Å². The van der Waals surface area contributed by atoms with E-state index in [0.29, 0.717) is 6.54 Å². The summed E-state index contributed by atoms with van der Waals surface area (Å²) in [4.78, 5) is 0. The van der Waals surface area contributed by atoms with Crippen LogP contribution in [0.25, 0.3) is 6.20 Å². The van der Waals surface area contributed by atoms with Crippen molar-refractivity contribution in [2.24, 2.45) is 5.73 Å². The highest BCUT2D eigenvalue weighted by atomic mass is 15.4. The van der Waals surface area contributed by atoms with Crippen molar-refractivity contribution < 1.29 is 0 Å². The molecule has 48 valence electrons. The fourth-order valence-electron chi connectivity index (χ4n) is 0.496. The second-order valence-electron chi connectivity index (χ2n) is 1.58. The fraction of sp³-hybridized carbons (Fsp3) is 0.200. The van der Waals surface area contributed by atoms with Gasteiger partial charge < -0.3 is 5.73 Å². The Morgan fingerprint density at radius 1 is 1.89 bits per heavy atom. The SMILES string of the molecule is C=Cn1cc(CN)nn1. The zero-order valence-corrected chi connectivity index (χ0v) is 4.99. The van der Waals surface area contributed by atoms with Gasteiger partial charge in [-0.05, 0) is 0 Å². The van der Waals surface area contributed by atoms with Gasteiger partial charge in [-0.15, -0.1) is 5.10 Å². The summed E-state index contributed by atoms with van der Waals surface area (Å²) in [6.07, 6.45) is 3.29. The first-order valence-corrected chi connectivity index (χ1v) is 2.60. The maximum absolute atomic E-state index is 5.27. The number of hydrogen-bond donors (Lipinski definition) is 1. The van der Waals surface area contributed by atoms with Crippen LogP contribution in [0.2, 0.25) is 0 Å². The molecule has 0 spiro atoms. The van der Waals surface area contributed by atoms with E-state index in [2.05, 4.69) is 16.9 Å². The molecule has 0 aliphatic carbocycles. The molecule has 0 aromatic carbocycles. The highest BCUT2D eigenvalue weighted by Gasteiger charge is 1.91. The van der Waals surface area contributed by atoms with Crippen LogP contribution in [-0.2, 0) is 6.54 Å². The molecule has 0 atom stereocenters. The van der Waals surface area contributed by atoms with Crippen LogP contribution < -0.4 is 5.73 Å². The Hall–Kier alpha value is -1.16. The van der Waals surface area contributed by atoms with Crippen LogP contribution in [0.1, 0.15) is 5.69 Å². The third-order valence-electron chi connectivity index (χ3n) is 0.954. The smallest absolute Gasteiger partial charge is 0.0967 e. The molecule has 0 bridgehead atoms. The van der Waals surface area contributed by atoms with Crippen molar-refractivity contribution in [3.05, 3.63) is 18.5 Å². The minimum absolute atomic E-state index is 0.424. The van der Waals surface area contributed by atoms with Crippen LogP contribution in [0.3, 0.4) is 0 Å². The van der Waals surface area contributed by atoms with Crippen molar-refractivity contribution in [3.63, 3.8) is 0 Å². The first-order valence-electron chi connectivity index (χ1n) is 2.60. The summed E-state index contributed by atoms with van der Waals surface area (Å²) in [6.45, 7) is 3.92. The van der Waals surface area contributed by atoms with E-state index in [1.54, 1.807) is 12.4 Å². The van der Waals surface area contributed by atoms with Gasteiger partial charge in [0.1, 0.15) is 0 Å². The van der Waals surface area contributed by atoms with Gasteiger partial charge in [0.2, 0.25) is 0 Å². The van der Waals surface area contributed by atoms with E-state index >= 15 is 0 Å². The number of nitrogens with two attached hydrogens (primary N) is 1. The summed E-state index contributed by atoms with van der Waals surface area (Å²) in [5.41, 5.74) is 6.04. The van der Waals surface area contributed by atoms with Gasteiger partial charge in [-0.1, -0.05) is 11.8 Å². The molecule has 1 rings (SSSR count). The van der Waals surface area contributed by atoms with Gasteiger partial charge >= 0.3 is 0 Å². The Labute approximate surface area is 53.0 Å². The van der Waals surface area contributed by atoms with Gasteiger partial charge in [0.05, 0.1) is 11.9 Å². The lowest BCUT2D eigenvalue weighted by atomic mass is 10.5. The molecule has 0 radical (unpaired) electrons. The Balaban J connectivity index is 2.86. The molecule has 0 fully saturated rings. The summed E-state index contributed by atoms with van der Waals surface area (Å²) < 4.78 is 1.52. The molecule has 2 N–H and O–H groups in total. The molecule has 0 saturated heterocycles. The van der Waals surface area contributed by atoms with E-state index < -0.39 is 0 Å². The maximum Gasteiger partial charge on any atom is 0.0967 e. The van der Waals surface area contributed by atoms with Crippen molar-refractivity contribution in [2.45, 2.75) is 6.54 Å². The van der Waals surface area contributed by atoms with Gasteiger partial charge in [0.25, 0.3) is 0 Å². The largest absolute Gasteiger partial charge is 0.325 e. The minimum atomic E-state index is 0.424. The Morgan fingerprint density at radius 3 is 3.00 bits per heavy atom. The quantitative estimate of drug-likeness (QED) is 0.595. The molecule has 1 aromatic rings. The Kier molecular flexibility index (Phi) is 1.60. The van der Waals surface area contributed by atoms with E-state index in [9.17, 15) is 0 Å². The molecule has 1 aromatic heterocycles. The molecule has 0 unspecified atom stereocenters. The van der Waals surface area contributed by atoms with E-state index in [-0.39, 0.29) is 0 Å². The molecule has 4 heteroatoms. The lowest BCUT2D eigenvalue weighted by molar-refractivity contribution is 0.830. The molecule has 1 heterocycles. The summed E-state index contributed by atoms with van der Waals surface area (Å²) in [5, 5.41) is 7.40. The monoisotopic (exact) mass is 124 g/mol. The molecule has 0 saturated carbocycles. The summed E-state index contributed by atoms with van der Waals surface area (Å²) in [7, 11) is 0. The topological polar surface area (TPSA) is 56.7 Å². The number of aromatic nitrogens is 3. The maximum atomic E-state index is 5.27. The van der Waals surface area contributed by atoms with Crippen LogP contribution in [-0.4, -0.2) is 15.0 Å². The first kappa shape index (κ1) is 5.97. The zero-order chi connectivity index (χ0) is 6.69. The predicted octanol–water partition coefficient (Wildman–Crippen LogP) is -0.163. The van der Waals surface area contributed by atoms with Crippen LogP contribution in [0.4, 0.5) is 0 Å². The van der Waals surface area contributed by atoms with Crippen LogP contribution in [0.5, 0.6) is 0 Å². The van der Waals surface area contributed by atoms with Crippen LogP contribution >= 0.6 is 0 Å². The number of rotatable bonds is 2. The normalized spacial score (nSPS) is 9.44. The number of hydrogen-bond acceptors (Lipinski definition) is 3. The average molecular weight is 124 g/mol. The highest BCUT2D eigenvalue weighted by molar-refractivity contribution is 5.13. The lowest BCUT2D eigenvalue weighted by Crippen LogP contribution is -1.95. The second-order valence-corrected chi connectivity index (χ2v) is 1.58. The van der Waals surface area contributed by atoms with E-state index in [1.165, 1.54) is 4.68 Å². The first-order chi connectivity index (χ1) is 4.36. The lowest BCUT2D eigenvalue weighted by Gasteiger charge is -1.81. The van der Waals surface area contributed by atoms with Crippen LogP contribution in [0.15, 0.2) is 12.8 Å². The van der Waals surface area contributed by atoms with Crippen molar-refractivity contribution >= 4 is 6.20 Å². The average Bonchev–Trinajstić information content (AvgIpc) is 2.34. The van der Waals surface area contributed by atoms with Crippen molar-refractivity contribution in [1.82, 2.24) is 15.0 Å². The van der Waals surface area contributed by atoms with Gasteiger partial charge in [0.15, 0.2) is 0 Å². The van der Waals surface area contributed by atoms with Crippen molar-refractivity contribution in [1.29, 1.82) is 0 Å². The Morgan fingerprint density at radius 2 is 2.67 bits per heavy atom. The Bertz CT molecular complexity index is 202. The second kappa shape index (κ2) is 2.41. The van der Waals surface area contributed by atoms with Crippen LogP contribution in [0, 0.1) is 0 Å². The summed E-state index contributed by atoms with van der Waals surface area (Å²) in [6, 6.07) is 0. The minimum Gasteiger partial charge on any atom is -0.325 e. The molecule has 0 amide bonds. The predicted molar refractivity (Wildman–Crippen MR) is 34.3 cm³/mol.